The third-order valence-electron chi connectivity index (χ3n) is 3.85. The summed E-state index contributed by atoms with van der Waals surface area (Å²) in [7, 11) is 4.40. The Morgan fingerprint density at radius 2 is 1.38 bits per heavy atom. The van der Waals surface area contributed by atoms with Gasteiger partial charge in [-0.1, -0.05) is 17.7 Å². The first-order chi connectivity index (χ1) is 12.4. The van der Waals surface area contributed by atoms with Gasteiger partial charge in [0.2, 0.25) is 5.75 Å². The molecule has 7 heteroatoms. The average molecular weight is 358 g/mol. The van der Waals surface area contributed by atoms with Gasteiger partial charge >= 0.3 is 0 Å². The van der Waals surface area contributed by atoms with Gasteiger partial charge in [-0.15, -0.1) is 0 Å². The molecule has 0 bridgehead atoms. The Morgan fingerprint density at radius 3 is 1.92 bits per heavy atom. The molecule has 0 radical (unpaired) electrons. The lowest BCUT2D eigenvalue weighted by Gasteiger charge is -2.14. The Labute approximate surface area is 152 Å². The van der Waals surface area contributed by atoms with E-state index in [1.54, 1.807) is 6.07 Å². The third kappa shape index (κ3) is 4.05. The average Bonchev–Trinajstić information content (AvgIpc) is 2.66. The fraction of sp³-hybridized carbons (Fsp3) is 0.263. The normalized spacial score (nSPS) is 10.0. The van der Waals surface area contributed by atoms with Crippen LogP contribution in [0, 0.1) is 13.8 Å². The molecular formula is C19H22N2O5. The maximum absolute atomic E-state index is 12.4. The molecule has 2 aromatic carbocycles. The molecule has 2 rings (SSSR count). The molecule has 0 aliphatic carbocycles. The van der Waals surface area contributed by atoms with Crippen LogP contribution >= 0.6 is 0 Å². The van der Waals surface area contributed by atoms with E-state index in [-0.39, 0.29) is 5.56 Å². The van der Waals surface area contributed by atoms with Gasteiger partial charge in [0, 0.05) is 11.1 Å². The van der Waals surface area contributed by atoms with Crippen molar-refractivity contribution in [1.29, 1.82) is 0 Å². The summed E-state index contributed by atoms with van der Waals surface area (Å²) in [6, 6.07) is 8.53. The van der Waals surface area contributed by atoms with E-state index in [0.29, 0.717) is 22.8 Å². The predicted molar refractivity (Wildman–Crippen MR) is 96.9 cm³/mol. The zero-order valence-electron chi connectivity index (χ0n) is 15.4. The lowest BCUT2D eigenvalue weighted by atomic mass is 10.1. The number of benzene rings is 2. The fourth-order valence-electron chi connectivity index (χ4n) is 2.45. The van der Waals surface area contributed by atoms with Crippen LogP contribution in [-0.2, 0) is 0 Å². The molecule has 0 saturated carbocycles. The summed E-state index contributed by atoms with van der Waals surface area (Å²) in [6.45, 7) is 3.72. The number of amides is 2. The van der Waals surface area contributed by atoms with Gasteiger partial charge in [-0.2, -0.15) is 0 Å². The number of rotatable bonds is 5. The van der Waals surface area contributed by atoms with Crippen molar-refractivity contribution in [3.05, 3.63) is 52.6 Å². The summed E-state index contributed by atoms with van der Waals surface area (Å²) in [5.74, 6) is 0.164. The lowest BCUT2D eigenvalue weighted by molar-refractivity contribution is 0.0846. The predicted octanol–water partition coefficient (Wildman–Crippen LogP) is 2.40. The Bertz CT molecular complexity index is 808. The highest BCUT2D eigenvalue weighted by molar-refractivity contribution is 6.00. The van der Waals surface area contributed by atoms with Crippen LogP contribution in [0.3, 0.4) is 0 Å². The highest BCUT2D eigenvalue weighted by Gasteiger charge is 2.18. The maximum atomic E-state index is 12.4. The highest BCUT2D eigenvalue weighted by atomic mass is 16.5. The van der Waals surface area contributed by atoms with Crippen LogP contribution in [0.5, 0.6) is 17.2 Å². The second kappa shape index (κ2) is 8.24. The first-order valence-corrected chi connectivity index (χ1v) is 7.89. The molecule has 0 aliphatic rings. The molecule has 0 unspecified atom stereocenters. The molecule has 138 valence electrons. The van der Waals surface area contributed by atoms with Crippen molar-refractivity contribution < 1.29 is 23.8 Å². The molecule has 2 N–H and O–H groups in total. The van der Waals surface area contributed by atoms with Crippen LogP contribution in [0.15, 0.2) is 30.3 Å². The zero-order valence-corrected chi connectivity index (χ0v) is 15.4. The zero-order chi connectivity index (χ0) is 19.3. The van der Waals surface area contributed by atoms with Crippen LogP contribution in [-0.4, -0.2) is 33.1 Å². The van der Waals surface area contributed by atoms with Crippen LogP contribution in [0.2, 0.25) is 0 Å². The molecule has 0 spiro atoms. The number of ether oxygens (including phenoxy) is 3. The molecule has 0 fully saturated rings. The van der Waals surface area contributed by atoms with Crippen molar-refractivity contribution in [2.45, 2.75) is 13.8 Å². The molecule has 2 amide bonds. The van der Waals surface area contributed by atoms with Gasteiger partial charge in [-0.25, -0.2) is 0 Å². The minimum atomic E-state index is -0.511. The molecule has 7 nitrogen and oxygen atoms in total. The van der Waals surface area contributed by atoms with Gasteiger partial charge < -0.3 is 14.2 Å². The van der Waals surface area contributed by atoms with Gasteiger partial charge in [0.05, 0.1) is 21.3 Å². The lowest BCUT2D eigenvalue weighted by Crippen LogP contribution is -2.41. The number of hydrazine groups is 1. The van der Waals surface area contributed by atoms with E-state index in [1.165, 1.54) is 33.5 Å². The van der Waals surface area contributed by atoms with Crippen molar-refractivity contribution >= 4 is 11.8 Å². The number of aryl methyl sites for hydroxylation is 2. The number of carbonyl (C=O) groups is 2. The first kappa shape index (κ1) is 19.1. The summed E-state index contributed by atoms with van der Waals surface area (Å²) in [4.78, 5) is 24.7. The Morgan fingerprint density at radius 1 is 0.808 bits per heavy atom. The molecule has 0 saturated heterocycles. The van der Waals surface area contributed by atoms with E-state index in [4.69, 9.17) is 14.2 Å². The summed E-state index contributed by atoms with van der Waals surface area (Å²) in [5.41, 5.74) is 7.33. The molecular weight excluding hydrogens is 336 g/mol. The first-order valence-electron chi connectivity index (χ1n) is 7.89. The minimum Gasteiger partial charge on any atom is -0.493 e. The molecule has 0 aliphatic heterocycles. The van der Waals surface area contributed by atoms with Gasteiger partial charge in [0.25, 0.3) is 11.8 Å². The standard InChI is InChI=1S/C19H22N2O5/c1-11-6-7-12(2)14(8-11)19(23)21-20-18(22)13-9-15(24-3)17(26-5)16(10-13)25-4/h6-10H,1-5H3,(H,20,22)(H,21,23). The number of hydrogen-bond acceptors (Lipinski definition) is 5. The smallest absolute Gasteiger partial charge is 0.269 e. The van der Waals surface area contributed by atoms with Crippen molar-refractivity contribution in [3.8, 4) is 17.2 Å². The summed E-state index contributed by atoms with van der Waals surface area (Å²) in [6.07, 6.45) is 0. The SMILES string of the molecule is COc1cc(C(=O)NNC(=O)c2cc(C)ccc2C)cc(OC)c1OC. The van der Waals surface area contributed by atoms with Crippen LogP contribution < -0.4 is 25.1 Å². The minimum absolute atomic E-state index is 0.251. The van der Waals surface area contributed by atoms with Crippen molar-refractivity contribution in [1.82, 2.24) is 10.9 Å². The molecule has 0 heterocycles. The van der Waals surface area contributed by atoms with Crippen molar-refractivity contribution in [2.24, 2.45) is 0 Å². The number of hydrogen-bond donors (Lipinski definition) is 2. The van der Waals surface area contributed by atoms with Crippen molar-refractivity contribution in [3.63, 3.8) is 0 Å². The van der Waals surface area contributed by atoms with E-state index in [0.717, 1.165) is 11.1 Å². The van der Waals surface area contributed by atoms with Crippen molar-refractivity contribution in [2.75, 3.05) is 21.3 Å². The van der Waals surface area contributed by atoms with E-state index in [1.807, 2.05) is 26.0 Å². The second-order valence-electron chi connectivity index (χ2n) is 5.64. The number of nitrogens with one attached hydrogen (secondary N) is 2. The number of carbonyl (C=O) groups excluding carboxylic acids is 2. The third-order valence-corrected chi connectivity index (χ3v) is 3.85. The topological polar surface area (TPSA) is 85.9 Å². The van der Waals surface area contributed by atoms with Crippen LogP contribution in [0.4, 0.5) is 0 Å². The van der Waals surface area contributed by atoms with Gasteiger partial charge in [-0.05, 0) is 37.6 Å². The van der Waals surface area contributed by atoms with Gasteiger partial charge in [-0.3, -0.25) is 20.4 Å². The molecule has 26 heavy (non-hydrogen) atoms. The number of methoxy groups -OCH3 is 3. The highest BCUT2D eigenvalue weighted by Crippen LogP contribution is 2.38. The monoisotopic (exact) mass is 358 g/mol. The van der Waals surface area contributed by atoms with E-state index < -0.39 is 11.8 Å². The fourth-order valence-corrected chi connectivity index (χ4v) is 2.45. The van der Waals surface area contributed by atoms with E-state index in [2.05, 4.69) is 10.9 Å². The van der Waals surface area contributed by atoms with E-state index >= 15 is 0 Å². The van der Waals surface area contributed by atoms with Crippen LogP contribution in [0.25, 0.3) is 0 Å². The molecule has 2 aromatic rings. The largest absolute Gasteiger partial charge is 0.493 e. The second-order valence-corrected chi connectivity index (χ2v) is 5.64. The quantitative estimate of drug-likeness (QED) is 0.802. The summed E-state index contributed by atoms with van der Waals surface area (Å²) >= 11 is 0. The molecule has 0 atom stereocenters. The molecule has 0 aromatic heterocycles. The van der Waals surface area contributed by atoms with Gasteiger partial charge in [0.15, 0.2) is 11.5 Å². The van der Waals surface area contributed by atoms with Gasteiger partial charge in [0.1, 0.15) is 0 Å². The summed E-state index contributed by atoms with van der Waals surface area (Å²) < 4.78 is 15.7. The van der Waals surface area contributed by atoms with Crippen LogP contribution in [0.1, 0.15) is 31.8 Å². The Hall–Kier alpha value is -3.22. The Balaban J connectivity index is 2.17. The Kier molecular flexibility index (Phi) is 6.06. The summed E-state index contributed by atoms with van der Waals surface area (Å²) in [5, 5.41) is 0. The van der Waals surface area contributed by atoms with E-state index in [9.17, 15) is 9.59 Å². The maximum Gasteiger partial charge on any atom is 0.269 e.